The Kier molecular flexibility index (Phi) is 4.59. The molecule has 3 heterocycles. The summed E-state index contributed by atoms with van der Waals surface area (Å²) in [5, 5.41) is 26.3. The highest BCUT2D eigenvalue weighted by Crippen LogP contribution is 2.24. The van der Waals surface area contributed by atoms with Crippen molar-refractivity contribution in [2.24, 2.45) is 0 Å². The van der Waals surface area contributed by atoms with Gasteiger partial charge in [-0.05, 0) is 18.9 Å². The van der Waals surface area contributed by atoms with Gasteiger partial charge in [-0.3, -0.25) is 10.1 Å². The van der Waals surface area contributed by atoms with Gasteiger partial charge in [-0.2, -0.15) is 5.26 Å². The number of likely N-dealkylation sites (tertiary alicyclic amines) is 1. The summed E-state index contributed by atoms with van der Waals surface area (Å²) < 4.78 is 1.53. The number of anilines is 1. The first-order valence-electron chi connectivity index (χ1n) is 7.77. The summed E-state index contributed by atoms with van der Waals surface area (Å²) in [6.45, 7) is 1.13. The minimum absolute atomic E-state index is 0.0456. The molecule has 9 nitrogen and oxygen atoms in total. The average molecular weight is 329 g/mol. The lowest BCUT2D eigenvalue weighted by Crippen LogP contribution is -2.45. The molecule has 0 bridgehead atoms. The Labute approximate surface area is 138 Å². The van der Waals surface area contributed by atoms with Crippen molar-refractivity contribution in [2.45, 2.75) is 31.5 Å². The number of nitrogens with one attached hydrogen (secondary N) is 1. The molecule has 1 amide bonds. The largest absolute Gasteiger partial charge is 0.382 e. The molecule has 9 heteroatoms. The lowest BCUT2D eigenvalue weighted by Gasteiger charge is -2.33. The summed E-state index contributed by atoms with van der Waals surface area (Å²) in [5.41, 5.74) is 6.87. The molecule has 0 saturated carbocycles. The van der Waals surface area contributed by atoms with Crippen molar-refractivity contribution in [2.75, 3.05) is 18.8 Å². The van der Waals surface area contributed by atoms with Crippen molar-refractivity contribution >= 4 is 17.4 Å². The highest BCUT2D eigenvalue weighted by atomic mass is 16.3. The Morgan fingerprint density at radius 2 is 2.29 bits per heavy atom. The van der Waals surface area contributed by atoms with Gasteiger partial charge in [0, 0.05) is 31.5 Å². The first-order chi connectivity index (χ1) is 11.6. The smallest absolute Gasteiger partial charge is 0.236 e. The van der Waals surface area contributed by atoms with Crippen LogP contribution in [0.25, 0.3) is 5.65 Å². The second-order valence-corrected chi connectivity index (χ2v) is 5.75. The topological polar surface area (TPSA) is 133 Å². The summed E-state index contributed by atoms with van der Waals surface area (Å²) in [5.74, 6) is 0.0860. The lowest BCUT2D eigenvalue weighted by molar-refractivity contribution is -0.131. The fourth-order valence-corrected chi connectivity index (χ4v) is 2.97. The highest BCUT2D eigenvalue weighted by Gasteiger charge is 2.26. The van der Waals surface area contributed by atoms with E-state index >= 15 is 0 Å². The Morgan fingerprint density at radius 1 is 1.54 bits per heavy atom. The zero-order chi connectivity index (χ0) is 17.1. The number of carbonyl (C=O) groups is 1. The number of nitriles is 1. The summed E-state index contributed by atoms with van der Waals surface area (Å²) in [6, 6.07) is 3.65. The number of amides is 1. The minimum Gasteiger partial charge on any atom is -0.382 e. The number of aliphatic hydroxyl groups excluding tert-OH is 1. The first kappa shape index (κ1) is 16.2. The molecule has 1 unspecified atom stereocenters. The Balaban J connectivity index is 1.64. The predicted molar refractivity (Wildman–Crippen MR) is 85.3 cm³/mol. The van der Waals surface area contributed by atoms with Crippen LogP contribution >= 0.6 is 0 Å². The minimum atomic E-state index is -0.983. The standard InChI is InChI=1S/C15H19N7O2/c16-5-2-11(23)21-8-3-10(4-9-21)19-15(24)12-13(17)20-22-7-1-6-18-14(12)22/h1,6-7,10,15,19,24H,2-4,8-9H2,(H2,17,20). The van der Waals surface area contributed by atoms with E-state index in [0.717, 1.165) is 0 Å². The van der Waals surface area contributed by atoms with Crippen molar-refractivity contribution in [3.05, 3.63) is 24.0 Å². The van der Waals surface area contributed by atoms with E-state index in [-0.39, 0.29) is 24.2 Å². The third-order valence-corrected chi connectivity index (χ3v) is 4.20. The van der Waals surface area contributed by atoms with E-state index in [4.69, 9.17) is 11.0 Å². The van der Waals surface area contributed by atoms with Gasteiger partial charge in [-0.15, -0.1) is 5.10 Å². The summed E-state index contributed by atoms with van der Waals surface area (Å²) in [6.07, 6.45) is 3.65. The maximum atomic E-state index is 11.7. The lowest BCUT2D eigenvalue weighted by atomic mass is 10.0. The number of aromatic nitrogens is 3. The van der Waals surface area contributed by atoms with Crippen LogP contribution in [-0.4, -0.2) is 49.6 Å². The fourth-order valence-electron chi connectivity index (χ4n) is 2.97. The number of hydrogen-bond donors (Lipinski definition) is 3. The molecule has 0 radical (unpaired) electrons. The fraction of sp³-hybridized carbons (Fsp3) is 0.467. The molecule has 0 aromatic carbocycles. The second kappa shape index (κ2) is 6.82. The molecule has 24 heavy (non-hydrogen) atoms. The van der Waals surface area contributed by atoms with Gasteiger partial charge in [0.25, 0.3) is 0 Å². The highest BCUT2D eigenvalue weighted by molar-refractivity contribution is 5.78. The maximum Gasteiger partial charge on any atom is 0.236 e. The predicted octanol–water partition coefficient (Wildman–Crippen LogP) is -0.203. The molecule has 1 saturated heterocycles. The van der Waals surface area contributed by atoms with Gasteiger partial charge in [0.05, 0.1) is 11.6 Å². The van der Waals surface area contributed by atoms with Gasteiger partial charge in [0.2, 0.25) is 5.91 Å². The number of piperidine rings is 1. The van der Waals surface area contributed by atoms with Crippen LogP contribution in [0.2, 0.25) is 0 Å². The summed E-state index contributed by atoms with van der Waals surface area (Å²) in [4.78, 5) is 17.6. The van der Waals surface area contributed by atoms with E-state index in [1.54, 1.807) is 23.4 Å². The molecule has 0 aliphatic carbocycles. The van der Waals surface area contributed by atoms with Crippen LogP contribution in [0.5, 0.6) is 0 Å². The Hall–Kier alpha value is -2.70. The number of nitrogen functional groups attached to an aromatic ring is 1. The van der Waals surface area contributed by atoms with Crippen LogP contribution in [0.4, 0.5) is 5.82 Å². The molecule has 1 atom stereocenters. The zero-order valence-electron chi connectivity index (χ0n) is 13.1. The van der Waals surface area contributed by atoms with Gasteiger partial charge in [-0.1, -0.05) is 0 Å². The van der Waals surface area contributed by atoms with Crippen LogP contribution in [0.3, 0.4) is 0 Å². The average Bonchev–Trinajstić information content (AvgIpc) is 2.91. The second-order valence-electron chi connectivity index (χ2n) is 5.75. The molecule has 0 spiro atoms. The molecular weight excluding hydrogens is 310 g/mol. The first-order valence-corrected chi connectivity index (χ1v) is 7.77. The number of nitrogens with two attached hydrogens (primary N) is 1. The van der Waals surface area contributed by atoms with Gasteiger partial charge >= 0.3 is 0 Å². The Morgan fingerprint density at radius 3 is 3.00 bits per heavy atom. The van der Waals surface area contributed by atoms with Crippen LogP contribution in [0.1, 0.15) is 31.1 Å². The van der Waals surface area contributed by atoms with Gasteiger partial charge < -0.3 is 15.7 Å². The number of hydrogen-bond acceptors (Lipinski definition) is 7. The number of aliphatic hydroxyl groups is 1. The molecular formula is C15H19N7O2. The van der Waals surface area contributed by atoms with E-state index in [0.29, 0.717) is 37.1 Å². The van der Waals surface area contributed by atoms with Crippen molar-refractivity contribution in [1.29, 1.82) is 5.26 Å². The van der Waals surface area contributed by atoms with E-state index in [9.17, 15) is 9.90 Å². The third kappa shape index (κ3) is 3.15. The molecule has 1 aliphatic rings. The summed E-state index contributed by atoms with van der Waals surface area (Å²) in [7, 11) is 0. The number of nitrogens with zero attached hydrogens (tertiary/aromatic N) is 5. The van der Waals surface area contributed by atoms with Gasteiger partial charge in [0.1, 0.15) is 12.6 Å². The summed E-state index contributed by atoms with van der Waals surface area (Å²) >= 11 is 0. The van der Waals surface area contributed by atoms with Crippen LogP contribution in [-0.2, 0) is 4.79 Å². The molecule has 2 aromatic rings. The zero-order valence-corrected chi connectivity index (χ0v) is 13.1. The van der Waals surface area contributed by atoms with Crippen LogP contribution in [0.15, 0.2) is 18.5 Å². The number of carbonyl (C=O) groups excluding carboxylic acids is 1. The van der Waals surface area contributed by atoms with Gasteiger partial charge in [0.15, 0.2) is 11.5 Å². The van der Waals surface area contributed by atoms with E-state index in [2.05, 4.69) is 15.4 Å². The van der Waals surface area contributed by atoms with Crippen LogP contribution in [0, 0.1) is 11.3 Å². The van der Waals surface area contributed by atoms with Gasteiger partial charge in [-0.25, -0.2) is 9.50 Å². The molecule has 1 fully saturated rings. The van der Waals surface area contributed by atoms with E-state index in [1.807, 2.05) is 6.07 Å². The molecule has 4 N–H and O–H groups in total. The normalized spacial score (nSPS) is 16.9. The van der Waals surface area contributed by atoms with E-state index in [1.165, 1.54) is 4.52 Å². The molecule has 2 aromatic heterocycles. The number of rotatable bonds is 4. The molecule has 1 aliphatic heterocycles. The van der Waals surface area contributed by atoms with E-state index < -0.39 is 6.23 Å². The SMILES string of the molecule is N#CCC(=O)N1CCC(NC(O)c2c(N)nn3cccnc23)CC1. The van der Waals surface area contributed by atoms with Crippen molar-refractivity contribution in [3.8, 4) is 6.07 Å². The van der Waals surface area contributed by atoms with Crippen molar-refractivity contribution in [3.63, 3.8) is 0 Å². The van der Waals surface area contributed by atoms with Crippen molar-refractivity contribution < 1.29 is 9.90 Å². The Bertz CT molecular complexity index is 774. The van der Waals surface area contributed by atoms with Crippen molar-refractivity contribution in [1.82, 2.24) is 24.8 Å². The third-order valence-electron chi connectivity index (χ3n) is 4.20. The number of fused-ring (bicyclic) bond motifs is 1. The quantitative estimate of drug-likeness (QED) is 0.661. The van der Waals surface area contributed by atoms with Crippen LogP contribution < -0.4 is 11.1 Å². The molecule has 126 valence electrons. The maximum absolute atomic E-state index is 11.7. The monoisotopic (exact) mass is 329 g/mol. The molecule has 3 rings (SSSR count).